The van der Waals surface area contributed by atoms with Gasteiger partial charge in [0.2, 0.25) is 10.0 Å². The number of ether oxygens (including phenoxy) is 1. The van der Waals surface area contributed by atoms with Crippen LogP contribution in [-0.2, 0) is 19.9 Å². The van der Waals surface area contributed by atoms with Gasteiger partial charge in [-0.3, -0.25) is 4.79 Å². The third kappa shape index (κ3) is 5.26. The van der Waals surface area contributed by atoms with Gasteiger partial charge in [0, 0.05) is 11.8 Å². The second-order valence-electron chi connectivity index (χ2n) is 5.39. The van der Waals surface area contributed by atoms with Crippen molar-refractivity contribution in [2.75, 3.05) is 6.26 Å². The summed E-state index contributed by atoms with van der Waals surface area (Å²) in [6, 6.07) is 8.67. The lowest BCUT2D eigenvalue weighted by atomic mass is 10.2. The molecule has 0 atom stereocenters. The number of carbonyl (C=O) groups excluding carboxylic acids is 1. The topological polar surface area (TPSA) is 185 Å². The third-order valence-corrected chi connectivity index (χ3v) is 5.25. The summed E-state index contributed by atoms with van der Waals surface area (Å²) in [6.45, 7) is 0. The maximum atomic E-state index is 12.1. The minimum Gasteiger partial charge on any atom is -0.456 e. The summed E-state index contributed by atoms with van der Waals surface area (Å²) >= 11 is 0. The van der Waals surface area contributed by atoms with E-state index in [-0.39, 0.29) is 26.9 Å². The molecule has 0 bridgehead atoms. The predicted molar refractivity (Wildman–Crippen MR) is 97.6 cm³/mol. The van der Waals surface area contributed by atoms with Gasteiger partial charge in [-0.25, -0.2) is 22.0 Å². The number of aliphatic imine (C=N–C) groups is 1. The number of amides is 1. The number of hydrogen-bond acceptors (Lipinski definition) is 6. The Labute approximate surface area is 155 Å². The Hall–Kier alpha value is -2.96. The van der Waals surface area contributed by atoms with Gasteiger partial charge in [0.15, 0.2) is 15.8 Å². The highest BCUT2D eigenvalue weighted by Gasteiger charge is 2.19. The van der Waals surface area contributed by atoms with Gasteiger partial charge >= 0.3 is 0 Å². The lowest BCUT2D eigenvalue weighted by Gasteiger charge is -2.11. The van der Waals surface area contributed by atoms with Gasteiger partial charge in [0.1, 0.15) is 16.4 Å². The number of carbonyl (C=O) groups is 1. The summed E-state index contributed by atoms with van der Waals surface area (Å²) in [4.78, 5) is 14.8. The molecule has 0 aliphatic heterocycles. The van der Waals surface area contributed by atoms with Gasteiger partial charge < -0.3 is 16.2 Å². The monoisotopic (exact) mass is 412 g/mol. The molecule has 6 N–H and O–H groups in total. The Kier molecular flexibility index (Phi) is 5.54. The van der Waals surface area contributed by atoms with Gasteiger partial charge in [-0.2, -0.15) is 4.99 Å². The van der Waals surface area contributed by atoms with Gasteiger partial charge in [-0.05, 0) is 42.5 Å². The summed E-state index contributed by atoms with van der Waals surface area (Å²) in [5.74, 6) is -1.18. The van der Waals surface area contributed by atoms with E-state index in [9.17, 15) is 21.6 Å². The van der Waals surface area contributed by atoms with Crippen molar-refractivity contribution >= 4 is 31.7 Å². The van der Waals surface area contributed by atoms with Crippen molar-refractivity contribution in [3.05, 3.63) is 48.0 Å². The van der Waals surface area contributed by atoms with Crippen LogP contribution >= 0.6 is 0 Å². The number of guanidine groups is 1. The highest BCUT2D eigenvalue weighted by Crippen LogP contribution is 2.30. The lowest BCUT2D eigenvalue weighted by molar-refractivity contribution is 0.100. The van der Waals surface area contributed by atoms with E-state index >= 15 is 0 Å². The Morgan fingerprint density at radius 3 is 2.07 bits per heavy atom. The molecule has 27 heavy (non-hydrogen) atoms. The molecule has 2 aromatic rings. The zero-order valence-corrected chi connectivity index (χ0v) is 15.6. The molecule has 144 valence electrons. The van der Waals surface area contributed by atoms with E-state index in [0.29, 0.717) is 0 Å². The highest BCUT2D eigenvalue weighted by molar-refractivity contribution is 7.90. The van der Waals surface area contributed by atoms with Crippen LogP contribution in [0.2, 0.25) is 0 Å². The first-order valence-corrected chi connectivity index (χ1v) is 10.6. The molecule has 2 rings (SSSR count). The van der Waals surface area contributed by atoms with Gasteiger partial charge in [0.05, 0.1) is 4.90 Å². The average Bonchev–Trinajstić information content (AvgIpc) is 2.53. The number of sulfone groups is 1. The molecule has 0 aromatic heterocycles. The van der Waals surface area contributed by atoms with Crippen LogP contribution in [0.25, 0.3) is 0 Å². The van der Waals surface area contributed by atoms with Crippen molar-refractivity contribution in [3.8, 4) is 11.5 Å². The molecule has 0 saturated carbocycles. The predicted octanol–water partition coefficient (Wildman–Crippen LogP) is -0.0566. The number of primary sulfonamides is 1. The van der Waals surface area contributed by atoms with Crippen LogP contribution in [0.5, 0.6) is 11.5 Å². The SMILES string of the molecule is CS(=O)(=O)c1cc(C(=O)N=C(N)N)ccc1Oc1ccc(S(N)(=O)=O)cc1. The first kappa shape index (κ1) is 20.4. The largest absolute Gasteiger partial charge is 0.456 e. The van der Waals surface area contributed by atoms with Gasteiger partial charge in [-0.1, -0.05) is 0 Å². The first-order valence-electron chi connectivity index (χ1n) is 7.17. The zero-order valence-electron chi connectivity index (χ0n) is 14.0. The first-order chi connectivity index (χ1) is 12.4. The molecule has 0 heterocycles. The number of benzene rings is 2. The number of rotatable bonds is 5. The quantitative estimate of drug-likeness (QED) is 0.450. The molecule has 0 spiro atoms. The van der Waals surface area contributed by atoms with Crippen molar-refractivity contribution in [1.82, 2.24) is 0 Å². The highest BCUT2D eigenvalue weighted by atomic mass is 32.2. The molecule has 2 aromatic carbocycles. The smallest absolute Gasteiger partial charge is 0.280 e. The molecule has 10 nitrogen and oxygen atoms in total. The van der Waals surface area contributed by atoms with Crippen molar-refractivity contribution in [3.63, 3.8) is 0 Å². The van der Waals surface area contributed by atoms with Crippen LogP contribution in [0, 0.1) is 0 Å². The number of sulfonamides is 1. The molecule has 0 unspecified atom stereocenters. The van der Waals surface area contributed by atoms with Crippen molar-refractivity contribution in [1.29, 1.82) is 0 Å². The van der Waals surface area contributed by atoms with Crippen molar-refractivity contribution < 1.29 is 26.4 Å². The van der Waals surface area contributed by atoms with Crippen LogP contribution in [0.15, 0.2) is 57.2 Å². The fourth-order valence-corrected chi connectivity index (χ4v) is 3.35. The molecule has 0 aliphatic carbocycles. The molecule has 0 radical (unpaired) electrons. The van der Waals surface area contributed by atoms with Crippen molar-refractivity contribution in [2.24, 2.45) is 21.6 Å². The fourth-order valence-electron chi connectivity index (χ4n) is 2.02. The summed E-state index contributed by atoms with van der Waals surface area (Å²) < 4.78 is 52.1. The Morgan fingerprint density at radius 1 is 1.00 bits per heavy atom. The van der Waals surface area contributed by atoms with Gasteiger partial charge in [0.25, 0.3) is 5.91 Å². The Balaban J connectivity index is 2.45. The van der Waals surface area contributed by atoms with Crippen LogP contribution < -0.4 is 21.3 Å². The molecular weight excluding hydrogens is 396 g/mol. The molecule has 0 aliphatic rings. The molecule has 0 fully saturated rings. The minimum absolute atomic E-state index is 0.0549. The summed E-state index contributed by atoms with van der Waals surface area (Å²) in [7, 11) is -7.64. The van der Waals surface area contributed by atoms with E-state index in [0.717, 1.165) is 12.3 Å². The zero-order chi connectivity index (χ0) is 20.4. The minimum atomic E-state index is -3.87. The second kappa shape index (κ2) is 7.34. The van der Waals surface area contributed by atoms with Crippen LogP contribution in [0.3, 0.4) is 0 Å². The molecular formula is C15H16N4O6S2. The summed E-state index contributed by atoms with van der Waals surface area (Å²) in [5.41, 5.74) is 10.2. The second-order valence-corrected chi connectivity index (χ2v) is 8.94. The number of nitrogens with two attached hydrogens (primary N) is 3. The van der Waals surface area contributed by atoms with E-state index < -0.39 is 31.7 Å². The number of hydrogen-bond donors (Lipinski definition) is 3. The maximum absolute atomic E-state index is 12.1. The van der Waals surface area contributed by atoms with Crippen molar-refractivity contribution in [2.45, 2.75) is 9.79 Å². The average molecular weight is 412 g/mol. The normalized spacial score (nSPS) is 11.6. The van der Waals surface area contributed by atoms with Crippen LogP contribution in [0.4, 0.5) is 0 Å². The molecule has 0 saturated heterocycles. The fraction of sp³-hybridized carbons (Fsp3) is 0.0667. The standard InChI is InChI=1S/C15H16N4O6S2/c1-26(21,22)13-8-9(14(20)19-15(16)17)2-7-12(13)25-10-3-5-11(6-4-10)27(18,23)24/h2-8H,1H3,(H2,18,23,24)(H4,16,17,19,20). The Morgan fingerprint density at radius 2 is 1.59 bits per heavy atom. The maximum Gasteiger partial charge on any atom is 0.280 e. The molecule has 1 amide bonds. The number of nitrogens with zero attached hydrogens (tertiary/aromatic N) is 1. The van der Waals surface area contributed by atoms with E-state index in [1.54, 1.807) is 0 Å². The van der Waals surface area contributed by atoms with Crippen LogP contribution in [0.1, 0.15) is 10.4 Å². The molecule has 12 heteroatoms. The lowest BCUT2D eigenvalue weighted by Crippen LogP contribution is -2.24. The third-order valence-electron chi connectivity index (χ3n) is 3.20. The Bertz CT molecular complexity index is 1120. The van der Waals surface area contributed by atoms with E-state index in [1.807, 2.05) is 0 Å². The van der Waals surface area contributed by atoms with E-state index in [1.165, 1.54) is 36.4 Å². The van der Waals surface area contributed by atoms with E-state index in [2.05, 4.69) is 4.99 Å². The summed E-state index contributed by atoms with van der Waals surface area (Å²) in [6.07, 6.45) is 0.939. The summed E-state index contributed by atoms with van der Waals surface area (Å²) in [5, 5.41) is 5.01. The van der Waals surface area contributed by atoms with Crippen LogP contribution in [-0.4, -0.2) is 35.0 Å². The van der Waals surface area contributed by atoms with E-state index in [4.69, 9.17) is 21.3 Å². The van der Waals surface area contributed by atoms with Gasteiger partial charge in [-0.15, -0.1) is 0 Å².